The molecule has 0 unspecified atom stereocenters. The number of hydrogen-bond donors (Lipinski definition) is 1. The number of nitrogens with zero attached hydrogens (tertiary/aromatic N) is 2. The van der Waals surface area contributed by atoms with E-state index in [0.29, 0.717) is 30.4 Å². The van der Waals surface area contributed by atoms with Gasteiger partial charge in [0.25, 0.3) is 0 Å². The van der Waals surface area contributed by atoms with Crippen LogP contribution in [0.1, 0.15) is 11.1 Å². The molecule has 0 aliphatic heterocycles. The van der Waals surface area contributed by atoms with Gasteiger partial charge in [-0.25, -0.2) is 4.98 Å². The highest BCUT2D eigenvalue weighted by Crippen LogP contribution is 2.37. The van der Waals surface area contributed by atoms with Crippen molar-refractivity contribution in [1.29, 1.82) is 0 Å². The number of fused-ring (bicyclic) bond motifs is 1. The van der Waals surface area contributed by atoms with Gasteiger partial charge in [0.15, 0.2) is 22.9 Å². The second kappa shape index (κ2) is 10.2. The number of methoxy groups -OCH3 is 2. The highest BCUT2D eigenvalue weighted by atomic mass is 16.5. The molecule has 5 rings (SSSR count). The third-order valence-electron chi connectivity index (χ3n) is 5.81. The van der Waals surface area contributed by atoms with Crippen LogP contribution in [-0.4, -0.2) is 23.6 Å². The topological polar surface area (TPSA) is 57.0 Å². The summed E-state index contributed by atoms with van der Waals surface area (Å²) in [7, 11) is 3.26. The summed E-state index contributed by atoms with van der Waals surface area (Å²) in [5.41, 5.74) is 4.73. The minimum atomic E-state index is 0.464. The summed E-state index contributed by atoms with van der Waals surface area (Å²) in [6.07, 6.45) is 2.00. The van der Waals surface area contributed by atoms with Crippen molar-refractivity contribution < 1.29 is 14.2 Å². The van der Waals surface area contributed by atoms with Crippen molar-refractivity contribution >= 4 is 11.5 Å². The van der Waals surface area contributed by atoms with Crippen LogP contribution >= 0.6 is 0 Å². The van der Waals surface area contributed by atoms with Crippen LogP contribution in [0.25, 0.3) is 16.9 Å². The van der Waals surface area contributed by atoms with E-state index in [4.69, 9.17) is 19.2 Å². The van der Waals surface area contributed by atoms with Crippen molar-refractivity contribution in [3.05, 3.63) is 108 Å². The molecule has 5 aromatic rings. The van der Waals surface area contributed by atoms with Gasteiger partial charge in [-0.05, 0) is 41.5 Å². The Bertz CT molecular complexity index is 1420. The molecule has 35 heavy (non-hydrogen) atoms. The van der Waals surface area contributed by atoms with E-state index in [1.54, 1.807) is 14.2 Å². The maximum absolute atomic E-state index is 6.20. The molecule has 0 saturated carbocycles. The van der Waals surface area contributed by atoms with Crippen molar-refractivity contribution in [3.63, 3.8) is 0 Å². The van der Waals surface area contributed by atoms with Crippen LogP contribution in [0.15, 0.2) is 97.2 Å². The molecule has 0 fully saturated rings. The summed E-state index contributed by atoms with van der Waals surface area (Å²) in [4.78, 5) is 5.02. The zero-order chi connectivity index (χ0) is 24.0. The zero-order valence-corrected chi connectivity index (χ0v) is 19.8. The van der Waals surface area contributed by atoms with Crippen LogP contribution < -0.4 is 19.5 Å². The standard InChI is InChI=1S/C29H27N3O3/c1-33-24-16-15-23(18-26(24)34-2)27-29(30-19-21-10-5-3-6-11-21)32-17-9-14-25(28(32)31-27)35-20-22-12-7-4-8-13-22/h3-18,30H,19-20H2,1-2H3. The lowest BCUT2D eigenvalue weighted by atomic mass is 10.1. The van der Waals surface area contributed by atoms with Gasteiger partial charge in [0.2, 0.25) is 0 Å². The lowest BCUT2D eigenvalue weighted by Gasteiger charge is -2.12. The van der Waals surface area contributed by atoms with Crippen LogP contribution in [0, 0.1) is 0 Å². The van der Waals surface area contributed by atoms with Crippen LogP contribution in [0.3, 0.4) is 0 Å². The maximum atomic E-state index is 6.20. The molecule has 0 bridgehead atoms. The first-order valence-corrected chi connectivity index (χ1v) is 11.4. The molecule has 2 heterocycles. The SMILES string of the molecule is COc1ccc(-c2nc3c(OCc4ccccc4)cccn3c2NCc2ccccc2)cc1OC. The van der Waals surface area contributed by atoms with E-state index in [1.807, 2.05) is 89.5 Å². The summed E-state index contributed by atoms with van der Waals surface area (Å²) in [6.45, 7) is 1.12. The maximum Gasteiger partial charge on any atom is 0.181 e. The molecule has 1 N–H and O–H groups in total. The highest BCUT2D eigenvalue weighted by molar-refractivity contribution is 5.79. The van der Waals surface area contributed by atoms with Crippen LogP contribution in [0.4, 0.5) is 5.82 Å². The van der Waals surface area contributed by atoms with E-state index in [1.165, 1.54) is 5.56 Å². The Labute approximate surface area is 204 Å². The van der Waals surface area contributed by atoms with Crippen molar-refractivity contribution in [2.24, 2.45) is 0 Å². The monoisotopic (exact) mass is 465 g/mol. The molecule has 0 aliphatic carbocycles. The van der Waals surface area contributed by atoms with Gasteiger partial charge in [-0.15, -0.1) is 0 Å². The van der Waals surface area contributed by atoms with E-state index in [-0.39, 0.29) is 0 Å². The Morgan fingerprint density at radius 3 is 2.17 bits per heavy atom. The molecule has 0 saturated heterocycles. The Morgan fingerprint density at radius 1 is 0.743 bits per heavy atom. The van der Waals surface area contributed by atoms with Gasteiger partial charge in [-0.3, -0.25) is 4.40 Å². The predicted molar refractivity (Wildman–Crippen MR) is 138 cm³/mol. The van der Waals surface area contributed by atoms with Crippen LogP contribution in [0.2, 0.25) is 0 Å². The van der Waals surface area contributed by atoms with Gasteiger partial charge in [0.1, 0.15) is 18.1 Å². The molecule has 6 heteroatoms. The molecule has 0 atom stereocenters. The number of imidazole rings is 1. The number of anilines is 1. The van der Waals surface area contributed by atoms with Gasteiger partial charge in [-0.2, -0.15) is 0 Å². The van der Waals surface area contributed by atoms with E-state index in [2.05, 4.69) is 17.4 Å². The van der Waals surface area contributed by atoms with Crippen LogP contribution in [-0.2, 0) is 13.2 Å². The Morgan fingerprint density at radius 2 is 1.46 bits per heavy atom. The fraction of sp³-hybridized carbons (Fsp3) is 0.138. The van der Waals surface area contributed by atoms with Gasteiger partial charge >= 0.3 is 0 Å². The second-order valence-electron chi connectivity index (χ2n) is 8.06. The molecular formula is C29H27N3O3. The van der Waals surface area contributed by atoms with Crippen molar-refractivity contribution in [3.8, 4) is 28.5 Å². The minimum absolute atomic E-state index is 0.464. The zero-order valence-electron chi connectivity index (χ0n) is 19.8. The van der Waals surface area contributed by atoms with Gasteiger partial charge in [-0.1, -0.05) is 60.7 Å². The minimum Gasteiger partial charge on any atom is -0.493 e. The molecule has 2 aromatic heterocycles. The normalized spacial score (nSPS) is 10.8. The Hall–Kier alpha value is -4.45. The van der Waals surface area contributed by atoms with Crippen molar-refractivity contribution in [2.75, 3.05) is 19.5 Å². The summed E-state index contributed by atoms with van der Waals surface area (Å²) >= 11 is 0. The lowest BCUT2D eigenvalue weighted by Crippen LogP contribution is -2.04. The van der Waals surface area contributed by atoms with E-state index >= 15 is 0 Å². The third kappa shape index (κ3) is 4.77. The number of pyridine rings is 1. The first-order chi connectivity index (χ1) is 17.3. The molecule has 0 spiro atoms. The average Bonchev–Trinajstić information content (AvgIpc) is 3.30. The fourth-order valence-corrected chi connectivity index (χ4v) is 4.03. The molecule has 3 aromatic carbocycles. The summed E-state index contributed by atoms with van der Waals surface area (Å²) < 4.78 is 19.2. The number of benzene rings is 3. The van der Waals surface area contributed by atoms with Crippen molar-refractivity contribution in [2.45, 2.75) is 13.2 Å². The fourth-order valence-electron chi connectivity index (χ4n) is 4.03. The Balaban J connectivity index is 1.57. The number of ether oxygens (including phenoxy) is 3. The summed E-state index contributed by atoms with van der Waals surface area (Å²) in [5, 5.41) is 3.59. The first kappa shape index (κ1) is 22.3. The number of hydrogen-bond acceptors (Lipinski definition) is 5. The molecular weight excluding hydrogens is 438 g/mol. The smallest absolute Gasteiger partial charge is 0.181 e. The average molecular weight is 466 g/mol. The van der Waals surface area contributed by atoms with Gasteiger partial charge in [0.05, 0.1) is 14.2 Å². The number of rotatable bonds is 9. The molecule has 0 amide bonds. The van der Waals surface area contributed by atoms with Crippen molar-refractivity contribution in [1.82, 2.24) is 9.38 Å². The Kier molecular flexibility index (Phi) is 6.52. The molecule has 6 nitrogen and oxygen atoms in total. The molecule has 176 valence electrons. The highest BCUT2D eigenvalue weighted by Gasteiger charge is 2.18. The largest absolute Gasteiger partial charge is 0.493 e. The van der Waals surface area contributed by atoms with Gasteiger partial charge < -0.3 is 19.5 Å². The lowest BCUT2D eigenvalue weighted by molar-refractivity contribution is 0.308. The second-order valence-corrected chi connectivity index (χ2v) is 8.06. The molecule has 0 radical (unpaired) electrons. The van der Waals surface area contributed by atoms with E-state index in [0.717, 1.165) is 28.3 Å². The summed E-state index contributed by atoms with van der Waals surface area (Å²) in [5.74, 6) is 2.91. The number of aromatic nitrogens is 2. The van der Waals surface area contributed by atoms with E-state index < -0.39 is 0 Å². The van der Waals surface area contributed by atoms with E-state index in [9.17, 15) is 0 Å². The van der Waals surface area contributed by atoms with Crippen LogP contribution in [0.5, 0.6) is 17.2 Å². The summed E-state index contributed by atoms with van der Waals surface area (Å²) in [6, 6.07) is 30.2. The molecule has 0 aliphatic rings. The third-order valence-corrected chi connectivity index (χ3v) is 5.81. The number of nitrogens with one attached hydrogen (secondary N) is 1. The van der Waals surface area contributed by atoms with Gasteiger partial charge in [0, 0.05) is 18.3 Å². The predicted octanol–water partition coefficient (Wildman–Crippen LogP) is 6.21. The first-order valence-electron chi connectivity index (χ1n) is 11.4. The quantitative estimate of drug-likeness (QED) is 0.280.